The van der Waals surface area contributed by atoms with E-state index in [1.807, 2.05) is 18.2 Å². The van der Waals surface area contributed by atoms with E-state index < -0.39 is 0 Å². The Morgan fingerprint density at radius 2 is 1.90 bits per heavy atom. The van der Waals surface area contributed by atoms with Crippen molar-refractivity contribution in [2.45, 2.75) is 26.4 Å². The minimum absolute atomic E-state index is 0.0506. The first-order valence-corrected chi connectivity index (χ1v) is 6.89. The molecule has 0 aliphatic carbocycles. The van der Waals surface area contributed by atoms with Crippen LogP contribution in [-0.2, 0) is 6.61 Å². The van der Waals surface area contributed by atoms with Gasteiger partial charge in [0.15, 0.2) is 0 Å². The van der Waals surface area contributed by atoms with E-state index in [-0.39, 0.29) is 18.3 Å². The molecule has 21 heavy (non-hydrogen) atoms. The number of aliphatic hydroxyl groups is 1. The highest BCUT2D eigenvalue weighted by Gasteiger charge is 2.20. The summed E-state index contributed by atoms with van der Waals surface area (Å²) in [7, 11) is 7.30. The third-order valence-electron chi connectivity index (χ3n) is 3.55. The molecule has 2 radical (unpaired) electrons. The van der Waals surface area contributed by atoms with Crippen LogP contribution in [0.1, 0.15) is 30.9 Å². The van der Waals surface area contributed by atoms with Gasteiger partial charge in [0.05, 0.1) is 19.3 Å². The number of phenolic OH excluding ortho intramolecular Hbond substituents is 1. The Kier molecular flexibility index (Phi) is 4.58. The van der Waals surface area contributed by atoms with E-state index in [2.05, 4.69) is 13.8 Å². The Morgan fingerprint density at radius 3 is 2.48 bits per heavy atom. The topological polar surface area (TPSA) is 49.7 Å². The van der Waals surface area contributed by atoms with Crippen molar-refractivity contribution in [2.75, 3.05) is 7.11 Å². The zero-order valence-electron chi connectivity index (χ0n) is 12.6. The fourth-order valence-corrected chi connectivity index (χ4v) is 2.57. The number of hydrogen-bond donors (Lipinski definition) is 2. The predicted molar refractivity (Wildman–Crippen MR) is 85.5 cm³/mol. The highest BCUT2D eigenvalue weighted by atomic mass is 16.5. The van der Waals surface area contributed by atoms with Gasteiger partial charge in [-0.2, -0.15) is 0 Å². The van der Waals surface area contributed by atoms with Crippen LogP contribution in [0.25, 0.3) is 11.1 Å². The van der Waals surface area contributed by atoms with E-state index in [1.54, 1.807) is 6.07 Å². The summed E-state index contributed by atoms with van der Waals surface area (Å²) >= 11 is 0. The zero-order valence-corrected chi connectivity index (χ0v) is 12.6. The van der Waals surface area contributed by atoms with Gasteiger partial charge in [0.1, 0.15) is 19.3 Å². The first-order valence-electron chi connectivity index (χ1n) is 6.89. The summed E-state index contributed by atoms with van der Waals surface area (Å²) in [5.74, 6) is 0.790. The molecule has 2 rings (SSSR count). The second-order valence-electron chi connectivity index (χ2n) is 5.31. The zero-order chi connectivity index (χ0) is 15.6. The van der Waals surface area contributed by atoms with Crippen molar-refractivity contribution in [3.8, 4) is 22.6 Å². The van der Waals surface area contributed by atoms with Crippen molar-refractivity contribution in [2.24, 2.45) is 0 Å². The normalized spacial score (nSPS) is 10.9. The Bertz CT molecular complexity index is 651. The Morgan fingerprint density at radius 1 is 1.19 bits per heavy atom. The molecule has 0 aliphatic rings. The maximum Gasteiger partial charge on any atom is 0.129 e. The maximum absolute atomic E-state index is 10.3. The van der Waals surface area contributed by atoms with Crippen molar-refractivity contribution >= 4 is 13.3 Å². The summed E-state index contributed by atoms with van der Waals surface area (Å²) in [4.78, 5) is 0. The SMILES string of the molecule is [B]c1cc(O)c(-c2c(CO)cccc2C(C)C)c(OC)c1. The van der Waals surface area contributed by atoms with Gasteiger partial charge in [0.2, 0.25) is 0 Å². The van der Waals surface area contributed by atoms with Crippen molar-refractivity contribution < 1.29 is 14.9 Å². The molecular formula is C17H19BO3. The first-order chi connectivity index (χ1) is 9.99. The van der Waals surface area contributed by atoms with Crippen molar-refractivity contribution in [3.63, 3.8) is 0 Å². The van der Waals surface area contributed by atoms with E-state index in [0.29, 0.717) is 16.8 Å². The Hall–Kier alpha value is -1.94. The van der Waals surface area contributed by atoms with Gasteiger partial charge in [-0.05, 0) is 34.7 Å². The lowest BCUT2D eigenvalue weighted by atomic mass is 9.85. The molecule has 0 unspecified atom stereocenters. The number of ether oxygens (including phenoxy) is 1. The van der Waals surface area contributed by atoms with Gasteiger partial charge in [0.25, 0.3) is 0 Å². The van der Waals surface area contributed by atoms with Crippen LogP contribution in [0.2, 0.25) is 0 Å². The molecule has 0 bridgehead atoms. The van der Waals surface area contributed by atoms with Gasteiger partial charge in [-0.3, -0.25) is 0 Å². The van der Waals surface area contributed by atoms with Crippen LogP contribution in [0, 0.1) is 0 Å². The maximum atomic E-state index is 10.3. The third kappa shape index (κ3) is 2.90. The fourth-order valence-electron chi connectivity index (χ4n) is 2.57. The highest BCUT2D eigenvalue weighted by molar-refractivity contribution is 6.32. The van der Waals surface area contributed by atoms with Crippen LogP contribution in [0.3, 0.4) is 0 Å². The molecule has 0 fully saturated rings. The lowest BCUT2D eigenvalue weighted by molar-refractivity contribution is 0.282. The van der Waals surface area contributed by atoms with Gasteiger partial charge in [-0.15, -0.1) is 0 Å². The average molecular weight is 282 g/mol. The molecule has 0 amide bonds. The molecule has 3 nitrogen and oxygen atoms in total. The lowest BCUT2D eigenvalue weighted by Gasteiger charge is -2.20. The smallest absolute Gasteiger partial charge is 0.129 e. The number of hydrogen-bond acceptors (Lipinski definition) is 3. The average Bonchev–Trinajstić information content (AvgIpc) is 2.45. The minimum atomic E-state index is -0.108. The summed E-state index contributed by atoms with van der Waals surface area (Å²) in [5.41, 5.74) is 3.60. The summed E-state index contributed by atoms with van der Waals surface area (Å²) in [6.07, 6.45) is 0. The quantitative estimate of drug-likeness (QED) is 0.847. The standard InChI is InChI=1S/C17H19BO3/c1-10(2)13-6-4-5-11(9-19)16(13)17-14(20)7-12(18)8-15(17)21-3/h4-8,10,19-20H,9H2,1-3H3. The highest BCUT2D eigenvalue weighted by Crippen LogP contribution is 2.42. The molecular weight excluding hydrogens is 263 g/mol. The fraction of sp³-hybridized carbons (Fsp3) is 0.294. The van der Waals surface area contributed by atoms with Gasteiger partial charge in [-0.25, -0.2) is 0 Å². The van der Waals surface area contributed by atoms with Crippen LogP contribution in [0.4, 0.5) is 0 Å². The van der Waals surface area contributed by atoms with E-state index in [4.69, 9.17) is 12.6 Å². The van der Waals surface area contributed by atoms with Crippen LogP contribution in [0.5, 0.6) is 11.5 Å². The van der Waals surface area contributed by atoms with E-state index in [0.717, 1.165) is 16.7 Å². The molecule has 0 heterocycles. The molecule has 2 aromatic rings. The van der Waals surface area contributed by atoms with E-state index in [1.165, 1.54) is 13.2 Å². The van der Waals surface area contributed by atoms with Crippen LogP contribution >= 0.6 is 0 Å². The van der Waals surface area contributed by atoms with Gasteiger partial charge in [0, 0.05) is 0 Å². The van der Waals surface area contributed by atoms with Crippen molar-refractivity contribution in [1.29, 1.82) is 0 Å². The van der Waals surface area contributed by atoms with Crippen molar-refractivity contribution in [3.05, 3.63) is 41.5 Å². The largest absolute Gasteiger partial charge is 0.507 e. The molecule has 2 N–H and O–H groups in total. The summed E-state index contributed by atoms with van der Waals surface area (Å²) in [6, 6.07) is 8.92. The Balaban J connectivity index is 2.83. The molecule has 0 atom stereocenters. The van der Waals surface area contributed by atoms with Gasteiger partial charge < -0.3 is 14.9 Å². The second kappa shape index (κ2) is 6.23. The number of methoxy groups -OCH3 is 1. The molecule has 108 valence electrons. The van der Waals surface area contributed by atoms with Crippen LogP contribution in [-0.4, -0.2) is 25.2 Å². The molecule has 0 spiro atoms. The number of aromatic hydroxyl groups is 1. The predicted octanol–water partition coefficient (Wildman–Crippen LogP) is 2.48. The number of rotatable bonds is 4. The summed E-state index contributed by atoms with van der Waals surface area (Å²) in [6.45, 7) is 4.03. The Labute approximate surface area is 126 Å². The molecule has 0 saturated carbocycles. The minimum Gasteiger partial charge on any atom is -0.507 e. The summed E-state index contributed by atoms with van der Waals surface area (Å²) in [5, 5.41) is 20.0. The third-order valence-corrected chi connectivity index (χ3v) is 3.55. The molecule has 0 aromatic heterocycles. The molecule has 2 aromatic carbocycles. The number of aliphatic hydroxyl groups excluding tert-OH is 1. The van der Waals surface area contributed by atoms with Gasteiger partial charge in [-0.1, -0.05) is 37.5 Å². The van der Waals surface area contributed by atoms with E-state index >= 15 is 0 Å². The number of benzene rings is 2. The van der Waals surface area contributed by atoms with Crippen LogP contribution < -0.4 is 10.2 Å². The second-order valence-corrected chi connectivity index (χ2v) is 5.31. The van der Waals surface area contributed by atoms with Crippen molar-refractivity contribution in [1.82, 2.24) is 0 Å². The van der Waals surface area contributed by atoms with Crippen LogP contribution in [0.15, 0.2) is 30.3 Å². The monoisotopic (exact) mass is 282 g/mol. The molecule has 4 heteroatoms. The number of phenols is 1. The molecule has 0 saturated heterocycles. The molecule has 0 aliphatic heterocycles. The summed E-state index contributed by atoms with van der Waals surface area (Å²) < 4.78 is 5.37. The van der Waals surface area contributed by atoms with Gasteiger partial charge >= 0.3 is 0 Å². The van der Waals surface area contributed by atoms with E-state index in [9.17, 15) is 10.2 Å². The lowest BCUT2D eigenvalue weighted by Crippen LogP contribution is -2.06. The first kappa shape index (κ1) is 15.5.